The topological polar surface area (TPSA) is 9.23 Å². The molecule has 0 bridgehead atoms. The second-order valence-electron chi connectivity index (χ2n) is 14.0. The van der Waals surface area contributed by atoms with Crippen molar-refractivity contribution in [1.82, 2.24) is 0 Å². The molecule has 22 heteroatoms. The second kappa shape index (κ2) is 19.7. The van der Waals surface area contributed by atoms with E-state index in [-0.39, 0.29) is 22.0 Å². The summed E-state index contributed by atoms with van der Waals surface area (Å²) in [6.45, 7) is 2.14. The first-order chi connectivity index (χ1) is 31.1. The first kappa shape index (κ1) is 49.9. The highest BCUT2D eigenvalue weighted by molar-refractivity contribution is 6.02. The molecule has 0 aliphatic heterocycles. The van der Waals surface area contributed by atoms with Crippen LogP contribution < -0.4 is 25.9 Å². The van der Waals surface area contributed by atoms with Gasteiger partial charge in [-0.05, 0) is 30.7 Å². The van der Waals surface area contributed by atoms with Crippen LogP contribution in [-0.2, 0) is 0 Å². The molecule has 0 unspecified atom stereocenters. The van der Waals surface area contributed by atoms with Crippen molar-refractivity contribution >= 4 is 0 Å². The van der Waals surface area contributed by atoms with E-state index in [4.69, 9.17) is 4.74 Å². The normalized spacial score (nSPS) is 11.6. The van der Waals surface area contributed by atoms with Gasteiger partial charge in [0.05, 0.1) is 34.4 Å². The summed E-state index contributed by atoms with van der Waals surface area (Å²) in [4.78, 5) is 0. The molecule has 0 fully saturated rings. The third kappa shape index (κ3) is 8.64. The summed E-state index contributed by atoms with van der Waals surface area (Å²) in [5.74, 6) is -61.4. The summed E-state index contributed by atoms with van der Waals surface area (Å²) in [6.07, 6.45) is 5.09. The molecule has 0 heterocycles. The Morgan fingerprint density at radius 1 is 0.333 bits per heavy atom. The van der Waals surface area contributed by atoms with Crippen molar-refractivity contribution < 1.29 is 114 Å². The van der Waals surface area contributed by atoms with Crippen LogP contribution in [0.2, 0.25) is 0 Å². The Hall–Kier alpha value is -5.55. The van der Waals surface area contributed by atoms with E-state index in [2.05, 4.69) is 0 Å². The van der Waals surface area contributed by atoms with Crippen molar-refractivity contribution in [2.75, 3.05) is 6.61 Å². The molecule has 0 N–H and O–H groups in total. The van der Waals surface area contributed by atoms with Crippen molar-refractivity contribution in [3.63, 3.8) is 0 Å². The average Bonchev–Trinajstić information content (AvgIpc) is 3.30. The van der Waals surface area contributed by atoms with Gasteiger partial charge in [0.1, 0.15) is 5.75 Å². The first-order valence-electron chi connectivity index (χ1n) is 18.8. The highest BCUT2D eigenvalue weighted by atomic mass is 127. The summed E-state index contributed by atoms with van der Waals surface area (Å²) >= 11 is -2.77. The van der Waals surface area contributed by atoms with Crippen LogP contribution in [0.3, 0.4) is 0 Å². The minimum atomic E-state index is -3.18. The monoisotopic (exact) mass is 1070 g/mol. The molecule has 6 rings (SSSR count). The van der Waals surface area contributed by atoms with Gasteiger partial charge < -0.3 is 4.74 Å². The maximum atomic E-state index is 16.2. The number of ether oxygens (including phenoxy) is 1. The molecular formula is C44H22F20IO+. The van der Waals surface area contributed by atoms with E-state index in [9.17, 15) is 26.3 Å². The highest BCUT2D eigenvalue weighted by Crippen LogP contribution is 2.52. The zero-order chi connectivity index (χ0) is 48.8. The molecule has 0 radical (unpaired) electrons. The molecule has 6 aromatic carbocycles. The third-order valence-electron chi connectivity index (χ3n) is 9.93. The van der Waals surface area contributed by atoms with Gasteiger partial charge in [0, 0.05) is 22.8 Å². The minimum absolute atomic E-state index is 0.0786. The van der Waals surface area contributed by atoms with Gasteiger partial charge in [-0.15, -0.1) is 0 Å². The lowest BCUT2D eigenvalue weighted by Gasteiger charge is -2.23. The van der Waals surface area contributed by atoms with E-state index in [1.807, 2.05) is 6.92 Å². The van der Waals surface area contributed by atoms with Crippen molar-refractivity contribution in [2.45, 2.75) is 45.4 Å². The molecule has 66 heavy (non-hydrogen) atoms. The van der Waals surface area contributed by atoms with Gasteiger partial charge in [-0.2, -0.15) is 0 Å². The zero-order valence-electron chi connectivity index (χ0n) is 32.7. The van der Waals surface area contributed by atoms with Crippen LogP contribution in [0, 0.1) is 123 Å². The van der Waals surface area contributed by atoms with Crippen molar-refractivity contribution in [2.24, 2.45) is 0 Å². The predicted molar refractivity (Wildman–Crippen MR) is 190 cm³/mol. The molecule has 0 amide bonds. The Bertz CT molecular complexity index is 2800. The maximum Gasteiger partial charge on any atom is 0.358 e. The van der Waals surface area contributed by atoms with E-state index in [0.717, 1.165) is 44.2 Å². The van der Waals surface area contributed by atoms with Crippen LogP contribution >= 0.6 is 0 Å². The number of hydrogen-bond acceptors (Lipinski definition) is 1. The fourth-order valence-corrected chi connectivity index (χ4v) is 9.44. The van der Waals surface area contributed by atoms with Crippen molar-refractivity contribution in [3.8, 4) is 50.3 Å². The summed E-state index contributed by atoms with van der Waals surface area (Å²) in [7, 11) is 0. The van der Waals surface area contributed by atoms with Crippen LogP contribution in [-0.4, -0.2) is 6.61 Å². The first-order valence-corrected chi connectivity index (χ1v) is 20.9. The lowest BCUT2D eigenvalue weighted by Crippen LogP contribution is -3.61. The van der Waals surface area contributed by atoms with Crippen molar-refractivity contribution in [3.05, 3.63) is 154 Å². The predicted octanol–water partition coefficient (Wildman–Crippen LogP) is 12.0. The van der Waals surface area contributed by atoms with Gasteiger partial charge in [0.2, 0.25) is 26.8 Å². The molecule has 0 spiro atoms. The molecular weight excluding hydrogens is 1050 g/mol. The molecule has 0 saturated heterocycles. The Labute approximate surface area is 368 Å². The smallest absolute Gasteiger partial charge is 0.358 e. The number of halogens is 21. The van der Waals surface area contributed by atoms with Gasteiger partial charge in [-0.3, -0.25) is 0 Å². The maximum absolute atomic E-state index is 16.2. The molecule has 0 aliphatic rings. The molecule has 0 aliphatic carbocycles. The summed E-state index contributed by atoms with van der Waals surface area (Å²) < 4.78 is 311. The van der Waals surface area contributed by atoms with Gasteiger partial charge in [-0.1, -0.05) is 39.0 Å². The van der Waals surface area contributed by atoms with Crippen LogP contribution in [0.5, 0.6) is 5.75 Å². The fraction of sp³-hybridized carbons (Fsp3) is 0.182. The number of benzene rings is 6. The SMILES string of the molecule is CCCCCCCCOc1ccc([I+]c2cc(-c3c(F)c(F)c(F)c(F)c3F)c(-c3c(F)c(F)c(F)c(F)c3F)c(-c3c(F)c(F)c(F)c(F)c3F)c2-c2c(F)c(F)c(F)c(F)c2F)cc1. The molecule has 6 aromatic rings. The van der Waals surface area contributed by atoms with Gasteiger partial charge in [-0.25, -0.2) is 87.8 Å². The summed E-state index contributed by atoms with van der Waals surface area (Å²) in [5, 5.41) is 0. The Morgan fingerprint density at radius 2 is 0.652 bits per heavy atom. The number of rotatable bonds is 14. The lowest BCUT2D eigenvalue weighted by molar-refractivity contribution is -0.596. The van der Waals surface area contributed by atoms with E-state index in [0.29, 0.717) is 6.42 Å². The second-order valence-corrected chi connectivity index (χ2v) is 16.9. The van der Waals surface area contributed by atoms with E-state index >= 15 is 61.5 Å². The Balaban J connectivity index is 1.87. The van der Waals surface area contributed by atoms with Crippen LogP contribution in [0.1, 0.15) is 45.4 Å². The average molecular weight is 1070 g/mol. The highest BCUT2D eigenvalue weighted by Gasteiger charge is 2.43. The minimum Gasteiger partial charge on any atom is -0.494 e. The molecule has 350 valence electrons. The van der Waals surface area contributed by atoms with Gasteiger partial charge >= 0.3 is 21.2 Å². The van der Waals surface area contributed by atoms with Gasteiger partial charge in [0.15, 0.2) is 96.6 Å². The molecule has 0 atom stereocenters. The fourth-order valence-electron chi connectivity index (χ4n) is 6.77. The Kier molecular flexibility index (Phi) is 14.9. The van der Waals surface area contributed by atoms with Crippen molar-refractivity contribution in [1.29, 1.82) is 0 Å². The standard InChI is InChI=1S/C44H22F20IO/c1-2-3-4-5-6-7-12-66-15-10-8-14(9-11-15)65-17-13-16(19-25(45)33(53)41(61)34(54)26(19)46)18(22-27(47)35(55)42(62)36(56)28(22)48)21(24-31(51)39(59)44(64)40(60)32(24)52)20(17)23-29(49)37(57)43(63)38(58)30(23)50/h8-11,13H,2-7,12H2,1H3/q+1. The van der Waals surface area contributed by atoms with Crippen LogP contribution in [0.4, 0.5) is 87.8 Å². The van der Waals surface area contributed by atoms with E-state index in [1.54, 1.807) is 0 Å². The number of unbranched alkanes of at least 4 members (excludes halogenated alkanes) is 5. The molecule has 0 aromatic heterocycles. The summed E-state index contributed by atoms with van der Waals surface area (Å²) in [5.41, 5.74) is -19.8. The quantitative estimate of drug-likeness (QED) is 0.0347. The molecule has 1 nitrogen and oxygen atoms in total. The van der Waals surface area contributed by atoms with Gasteiger partial charge in [0.25, 0.3) is 0 Å². The van der Waals surface area contributed by atoms with Crippen LogP contribution in [0.25, 0.3) is 44.5 Å². The lowest BCUT2D eigenvalue weighted by atomic mass is 9.81. The Morgan fingerprint density at radius 3 is 1.05 bits per heavy atom. The third-order valence-corrected chi connectivity index (χ3v) is 12.7. The van der Waals surface area contributed by atoms with E-state index < -0.39 is 186 Å². The largest absolute Gasteiger partial charge is 0.494 e. The number of hydrogen-bond donors (Lipinski definition) is 0. The van der Waals surface area contributed by atoms with Crippen LogP contribution in [0.15, 0.2) is 30.3 Å². The van der Waals surface area contributed by atoms with E-state index in [1.165, 1.54) is 12.1 Å². The molecule has 0 saturated carbocycles. The summed E-state index contributed by atoms with van der Waals surface area (Å²) in [6, 6.07) is 4.46. The zero-order valence-corrected chi connectivity index (χ0v) is 34.8.